The number of nitrogens with two attached hydrogens (primary N) is 1. The highest BCUT2D eigenvalue weighted by atomic mass is 32.2. The number of benzene rings is 2. The zero-order chi connectivity index (χ0) is 20.5. The van der Waals surface area contributed by atoms with Crippen molar-refractivity contribution in [3.63, 3.8) is 0 Å². The number of sulfonamides is 1. The second-order valence-electron chi connectivity index (χ2n) is 6.32. The molecule has 1 unspecified atom stereocenters. The Balaban J connectivity index is 1.80. The van der Waals surface area contributed by atoms with Crippen molar-refractivity contribution in [1.82, 2.24) is 0 Å². The van der Waals surface area contributed by atoms with Crippen molar-refractivity contribution in [1.29, 1.82) is 0 Å². The van der Waals surface area contributed by atoms with Gasteiger partial charge in [-0.15, -0.1) is 0 Å². The molecular formula is C19H20N2O6S. The molecule has 0 fully saturated rings. The van der Waals surface area contributed by atoms with Crippen molar-refractivity contribution < 1.29 is 27.5 Å². The van der Waals surface area contributed by atoms with E-state index >= 15 is 0 Å². The van der Waals surface area contributed by atoms with Crippen LogP contribution in [0.1, 0.15) is 22.8 Å². The Bertz CT molecular complexity index is 1030. The number of esters is 1. The number of rotatable bonds is 5. The molecule has 2 aromatic rings. The molecule has 1 heterocycles. The lowest BCUT2D eigenvalue weighted by atomic mass is 10.2. The highest BCUT2D eigenvalue weighted by Gasteiger charge is 2.30. The first kappa shape index (κ1) is 19.8. The molecule has 0 radical (unpaired) electrons. The lowest BCUT2D eigenvalue weighted by Gasteiger charge is -2.22. The number of anilines is 1. The predicted octanol–water partition coefficient (Wildman–Crippen LogP) is 1.48. The van der Waals surface area contributed by atoms with E-state index in [0.717, 1.165) is 23.7 Å². The van der Waals surface area contributed by atoms with E-state index in [2.05, 4.69) is 0 Å². The van der Waals surface area contributed by atoms with E-state index in [1.54, 1.807) is 4.90 Å². The number of nitrogens with zero attached hydrogens (tertiary/aromatic N) is 1. The van der Waals surface area contributed by atoms with Gasteiger partial charge in [0.15, 0.2) is 6.10 Å². The quantitative estimate of drug-likeness (QED) is 0.755. The summed E-state index contributed by atoms with van der Waals surface area (Å²) in [4.78, 5) is 26.6. The Labute approximate surface area is 162 Å². The van der Waals surface area contributed by atoms with E-state index in [4.69, 9.17) is 14.6 Å². The highest BCUT2D eigenvalue weighted by molar-refractivity contribution is 7.89. The number of carbonyl (C=O) groups excluding carboxylic acids is 2. The van der Waals surface area contributed by atoms with Gasteiger partial charge in [0.2, 0.25) is 10.0 Å². The predicted molar refractivity (Wildman–Crippen MR) is 102 cm³/mol. The van der Waals surface area contributed by atoms with Crippen LogP contribution in [0.4, 0.5) is 5.69 Å². The molecule has 0 saturated heterocycles. The van der Waals surface area contributed by atoms with Crippen LogP contribution in [0.2, 0.25) is 0 Å². The van der Waals surface area contributed by atoms with Crippen molar-refractivity contribution in [3.8, 4) is 5.75 Å². The van der Waals surface area contributed by atoms with Crippen LogP contribution < -0.4 is 14.8 Å². The van der Waals surface area contributed by atoms with Gasteiger partial charge in [0.1, 0.15) is 11.3 Å². The number of ether oxygens (including phenoxy) is 2. The molecule has 0 spiro atoms. The smallest absolute Gasteiger partial charge is 0.342 e. The third-order valence-electron chi connectivity index (χ3n) is 4.50. The zero-order valence-electron chi connectivity index (χ0n) is 15.4. The topological polar surface area (TPSA) is 116 Å². The van der Waals surface area contributed by atoms with E-state index in [1.807, 2.05) is 24.3 Å². The Hall–Kier alpha value is -2.91. The number of fused-ring (bicyclic) bond motifs is 1. The Morgan fingerprint density at radius 2 is 1.89 bits per heavy atom. The number of para-hydroxylation sites is 1. The lowest BCUT2D eigenvalue weighted by Crippen LogP contribution is -2.39. The SMILES string of the molecule is COc1ccc(S(N)(=O)=O)cc1C(=O)OC(C)C(=O)N1CCc2ccccc21. The summed E-state index contributed by atoms with van der Waals surface area (Å²) < 4.78 is 33.5. The van der Waals surface area contributed by atoms with Crippen molar-refractivity contribution in [2.45, 2.75) is 24.3 Å². The van der Waals surface area contributed by atoms with Crippen molar-refractivity contribution in [2.75, 3.05) is 18.6 Å². The molecule has 2 aromatic carbocycles. The summed E-state index contributed by atoms with van der Waals surface area (Å²) in [5.41, 5.74) is 1.72. The summed E-state index contributed by atoms with van der Waals surface area (Å²) in [7, 11) is -2.68. The van der Waals surface area contributed by atoms with Crippen LogP contribution in [0.3, 0.4) is 0 Å². The third-order valence-corrected chi connectivity index (χ3v) is 5.42. The number of primary sulfonamides is 1. The highest BCUT2D eigenvalue weighted by Crippen LogP contribution is 2.29. The van der Waals surface area contributed by atoms with E-state index in [0.29, 0.717) is 6.54 Å². The number of amides is 1. The average Bonchev–Trinajstić information content (AvgIpc) is 3.10. The average molecular weight is 404 g/mol. The maximum absolute atomic E-state index is 12.8. The van der Waals surface area contributed by atoms with Crippen LogP contribution in [-0.2, 0) is 26.0 Å². The van der Waals surface area contributed by atoms with Gasteiger partial charge in [-0.3, -0.25) is 4.79 Å². The van der Waals surface area contributed by atoms with E-state index in [9.17, 15) is 18.0 Å². The number of hydrogen-bond donors (Lipinski definition) is 1. The van der Waals surface area contributed by atoms with Crippen LogP contribution in [0.5, 0.6) is 5.75 Å². The summed E-state index contributed by atoms with van der Waals surface area (Å²) in [6.07, 6.45) is -0.339. The van der Waals surface area contributed by atoms with Gasteiger partial charge in [0.05, 0.1) is 12.0 Å². The van der Waals surface area contributed by atoms with Gasteiger partial charge in [0.25, 0.3) is 5.91 Å². The first-order chi connectivity index (χ1) is 13.2. The molecule has 1 aliphatic heterocycles. The summed E-state index contributed by atoms with van der Waals surface area (Å²) in [6, 6.07) is 11.1. The largest absolute Gasteiger partial charge is 0.496 e. The molecule has 148 valence electrons. The van der Waals surface area contributed by atoms with Crippen molar-refractivity contribution >= 4 is 27.6 Å². The molecule has 1 atom stereocenters. The summed E-state index contributed by atoms with van der Waals surface area (Å²) in [6.45, 7) is 1.97. The molecular weight excluding hydrogens is 384 g/mol. The molecule has 0 bridgehead atoms. The third kappa shape index (κ3) is 3.85. The fourth-order valence-corrected chi connectivity index (χ4v) is 3.62. The monoisotopic (exact) mass is 404 g/mol. The van der Waals surface area contributed by atoms with Crippen molar-refractivity contribution in [2.24, 2.45) is 5.14 Å². The maximum atomic E-state index is 12.8. The van der Waals surface area contributed by atoms with Gasteiger partial charge in [-0.25, -0.2) is 18.4 Å². The van der Waals surface area contributed by atoms with Gasteiger partial charge in [0, 0.05) is 12.2 Å². The second kappa shape index (κ2) is 7.61. The molecule has 9 heteroatoms. The fraction of sp³-hybridized carbons (Fsp3) is 0.263. The molecule has 0 aliphatic carbocycles. The van der Waals surface area contributed by atoms with Crippen LogP contribution in [0, 0.1) is 0 Å². The first-order valence-electron chi connectivity index (χ1n) is 8.53. The van der Waals surface area contributed by atoms with E-state index < -0.39 is 22.1 Å². The molecule has 3 rings (SSSR count). The second-order valence-corrected chi connectivity index (χ2v) is 7.88. The van der Waals surface area contributed by atoms with Crippen LogP contribution in [0.25, 0.3) is 0 Å². The minimum Gasteiger partial charge on any atom is -0.496 e. The van der Waals surface area contributed by atoms with Crippen LogP contribution in [-0.4, -0.2) is 40.1 Å². The first-order valence-corrected chi connectivity index (χ1v) is 10.1. The summed E-state index contributed by atoms with van der Waals surface area (Å²) in [5.74, 6) is -1.13. The standard InChI is InChI=1S/C19H20N2O6S/c1-12(18(22)21-10-9-13-5-3-4-6-16(13)21)27-19(23)15-11-14(28(20,24)25)7-8-17(15)26-2/h3-8,11-12H,9-10H2,1-2H3,(H2,20,24,25). The van der Waals surface area contributed by atoms with Crippen LogP contribution >= 0.6 is 0 Å². The van der Waals surface area contributed by atoms with E-state index in [1.165, 1.54) is 26.2 Å². The molecule has 1 aliphatic rings. The Morgan fingerprint density at radius 1 is 1.18 bits per heavy atom. The summed E-state index contributed by atoms with van der Waals surface area (Å²) >= 11 is 0. The summed E-state index contributed by atoms with van der Waals surface area (Å²) in [5, 5.41) is 5.11. The Kier molecular flexibility index (Phi) is 5.39. The van der Waals surface area contributed by atoms with Gasteiger partial charge in [-0.2, -0.15) is 0 Å². The number of methoxy groups -OCH3 is 1. The molecule has 2 N–H and O–H groups in total. The fourth-order valence-electron chi connectivity index (χ4n) is 3.08. The van der Waals surface area contributed by atoms with Gasteiger partial charge in [-0.05, 0) is 43.2 Å². The van der Waals surface area contributed by atoms with E-state index in [-0.39, 0.29) is 22.1 Å². The minimum absolute atomic E-state index is 0.114. The Morgan fingerprint density at radius 3 is 2.57 bits per heavy atom. The molecule has 28 heavy (non-hydrogen) atoms. The van der Waals surface area contributed by atoms with Gasteiger partial charge >= 0.3 is 5.97 Å². The van der Waals surface area contributed by atoms with Crippen molar-refractivity contribution in [3.05, 3.63) is 53.6 Å². The minimum atomic E-state index is -4.01. The van der Waals surface area contributed by atoms with Crippen LogP contribution in [0.15, 0.2) is 47.4 Å². The van der Waals surface area contributed by atoms with Gasteiger partial charge in [-0.1, -0.05) is 18.2 Å². The number of carbonyl (C=O) groups is 2. The van der Waals surface area contributed by atoms with Gasteiger partial charge < -0.3 is 14.4 Å². The molecule has 1 amide bonds. The lowest BCUT2D eigenvalue weighted by molar-refractivity contribution is -0.126. The molecule has 0 saturated carbocycles. The number of hydrogen-bond acceptors (Lipinski definition) is 6. The normalized spacial score (nSPS) is 14.3. The molecule has 8 nitrogen and oxygen atoms in total. The maximum Gasteiger partial charge on any atom is 0.342 e. The molecule has 0 aromatic heterocycles. The zero-order valence-corrected chi connectivity index (χ0v) is 16.2.